The van der Waals surface area contributed by atoms with Gasteiger partial charge in [0.05, 0.1) is 18.8 Å². The molecule has 5 nitrogen and oxygen atoms in total. The van der Waals surface area contributed by atoms with E-state index in [2.05, 4.69) is 6.58 Å². The van der Waals surface area contributed by atoms with Gasteiger partial charge in [0.25, 0.3) is 5.91 Å². The normalized spacial score (nSPS) is 10.7. The van der Waals surface area contributed by atoms with E-state index in [1.807, 2.05) is 32.1 Å². The van der Waals surface area contributed by atoms with Gasteiger partial charge in [-0.3, -0.25) is 9.59 Å². The molecule has 30 heavy (non-hydrogen) atoms. The Kier molecular flexibility index (Phi) is 8.41. The van der Waals surface area contributed by atoms with Gasteiger partial charge < -0.3 is 14.4 Å². The number of ketones is 1. The first-order valence-electron chi connectivity index (χ1n) is 9.99. The van der Waals surface area contributed by atoms with Crippen LogP contribution in [0.3, 0.4) is 0 Å². The highest BCUT2D eigenvalue weighted by Crippen LogP contribution is 2.34. The molecule has 0 aromatic heterocycles. The van der Waals surface area contributed by atoms with Crippen LogP contribution in [0.15, 0.2) is 55.1 Å². The summed E-state index contributed by atoms with van der Waals surface area (Å²) in [6.45, 7) is 8.63. The molecular weight excluding hydrogens is 378 g/mol. The van der Waals surface area contributed by atoms with Crippen LogP contribution < -0.4 is 9.47 Å². The number of nitrogens with zero attached hydrogens (tertiary/aromatic N) is 1. The second kappa shape index (κ2) is 11.0. The lowest BCUT2D eigenvalue weighted by Crippen LogP contribution is -2.21. The lowest BCUT2D eigenvalue weighted by Gasteiger charge is -2.16. The van der Waals surface area contributed by atoms with E-state index in [-0.39, 0.29) is 11.7 Å². The summed E-state index contributed by atoms with van der Waals surface area (Å²) in [4.78, 5) is 26.2. The van der Waals surface area contributed by atoms with Crippen molar-refractivity contribution < 1.29 is 19.1 Å². The lowest BCUT2D eigenvalue weighted by molar-refractivity contribution is 0.0827. The Hall–Kier alpha value is -3.34. The van der Waals surface area contributed by atoms with Gasteiger partial charge >= 0.3 is 0 Å². The predicted octanol–water partition coefficient (Wildman–Crippen LogP) is 4.81. The first kappa shape index (κ1) is 22.9. The molecule has 0 saturated carbocycles. The van der Waals surface area contributed by atoms with E-state index >= 15 is 0 Å². The van der Waals surface area contributed by atoms with Crippen LogP contribution in [0.5, 0.6) is 11.5 Å². The smallest absolute Gasteiger partial charge is 0.253 e. The Labute approximate surface area is 178 Å². The Morgan fingerprint density at radius 2 is 1.60 bits per heavy atom. The molecule has 158 valence electrons. The number of ether oxygens (including phenoxy) is 2. The summed E-state index contributed by atoms with van der Waals surface area (Å²) >= 11 is 0. The topological polar surface area (TPSA) is 55.8 Å². The highest BCUT2D eigenvalue weighted by atomic mass is 16.5. The zero-order chi connectivity index (χ0) is 22.1. The van der Waals surface area contributed by atoms with Crippen molar-refractivity contribution in [3.8, 4) is 11.5 Å². The van der Waals surface area contributed by atoms with Gasteiger partial charge in [0, 0.05) is 25.2 Å². The number of hydrogen-bond acceptors (Lipinski definition) is 4. The molecular formula is C25H29NO4. The van der Waals surface area contributed by atoms with Crippen LogP contribution in [-0.4, -0.2) is 43.9 Å². The van der Waals surface area contributed by atoms with Crippen LogP contribution in [0.25, 0.3) is 6.08 Å². The highest BCUT2D eigenvalue weighted by molar-refractivity contribution is 6.07. The molecule has 0 bridgehead atoms. The molecule has 0 radical (unpaired) electrons. The third-order valence-corrected chi connectivity index (χ3v) is 4.41. The summed E-state index contributed by atoms with van der Waals surface area (Å²) in [5, 5.41) is 0. The minimum Gasteiger partial charge on any atom is -0.493 e. The van der Waals surface area contributed by atoms with Gasteiger partial charge in [-0.2, -0.15) is 0 Å². The largest absolute Gasteiger partial charge is 0.493 e. The molecule has 0 spiro atoms. The van der Waals surface area contributed by atoms with E-state index in [1.54, 1.807) is 44.4 Å². The van der Waals surface area contributed by atoms with Crippen LogP contribution in [0, 0.1) is 0 Å². The van der Waals surface area contributed by atoms with Crippen molar-refractivity contribution in [3.05, 3.63) is 77.4 Å². The summed E-state index contributed by atoms with van der Waals surface area (Å²) in [5.41, 5.74) is 2.74. The molecule has 2 aromatic rings. The molecule has 0 fully saturated rings. The summed E-state index contributed by atoms with van der Waals surface area (Å²) in [6, 6.07) is 10.5. The average molecular weight is 408 g/mol. The van der Waals surface area contributed by atoms with E-state index in [0.717, 1.165) is 11.1 Å². The van der Waals surface area contributed by atoms with E-state index in [0.29, 0.717) is 42.3 Å². The number of amides is 1. The summed E-state index contributed by atoms with van der Waals surface area (Å²) in [5.74, 6) is 1.08. The maximum atomic E-state index is 12.7. The van der Waals surface area contributed by atoms with E-state index in [1.165, 1.54) is 11.0 Å². The fourth-order valence-electron chi connectivity index (χ4n) is 2.99. The molecule has 0 heterocycles. The molecule has 2 rings (SSSR count). The van der Waals surface area contributed by atoms with Crippen molar-refractivity contribution in [2.24, 2.45) is 0 Å². The van der Waals surface area contributed by atoms with Crippen molar-refractivity contribution in [2.75, 3.05) is 27.3 Å². The quantitative estimate of drug-likeness (QED) is 0.322. The van der Waals surface area contributed by atoms with Gasteiger partial charge in [-0.05, 0) is 56.2 Å². The fraction of sp³-hybridized carbons (Fsp3) is 0.280. The lowest BCUT2D eigenvalue weighted by atomic mass is 10.0. The summed E-state index contributed by atoms with van der Waals surface area (Å²) in [6.07, 6.45) is 5.69. The summed E-state index contributed by atoms with van der Waals surface area (Å²) < 4.78 is 11.6. The maximum Gasteiger partial charge on any atom is 0.253 e. The first-order chi connectivity index (χ1) is 14.4. The van der Waals surface area contributed by atoms with E-state index < -0.39 is 0 Å². The Balaban J connectivity index is 2.37. The molecule has 0 aliphatic heterocycles. The molecule has 2 aromatic carbocycles. The number of carbonyl (C=O) groups is 2. The predicted molar refractivity (Wildman–Crippen MR) is 121 cm³/mol. The van der Waals surface area contributed by atoms with Crippen LogP contribution in [-0.2, 0) is 6.42 Å². The van der Waals surface area contributed by atoms with Crippen molar-refractivity contribution in [3.63, 3.8) is 0 Å². The van der Waals surface area contributed by atoms with Gasteiger partial charge in [-0.25, -0.2) is 0 Å². The average Bonchev–Trinajstić information content (AvgIpc) is 2.74. The monoisotopic (exact) mass is 407 g/mol. The van der Waals surface area contributed by atoms with Crippen molar-refractivity contribution in [1.29, 1.82) is 0 Å². The van der Waals surface area contributed by atoms with Crippen molar-refractivity contribution in [1.82, 2.24) is 4.90 Å². The SMILES string of the molecule is C=CCc1ccc(OCC)c(C=CC(=O)c2ccc(C(=O)N(C)C)cc2)c1OCC. The molecule has 1 amide bonds. The Morgan fingerprint density at radius 3 is 2.17 bits per heavy atom. The number of allylic oxidation sites excluding steroid dienone is 2. The van der Waals surface area contributed by atoms with E-state index in [9.17, 15) is 9.59 Å². The zero-order valence-corrected chi connectivity index (χ0v) is 18.1. The number of benzene rings is 2. The van der Waals surface area contributed by atoms with E-state index in [4.69, 9.17) is 9.47 Å². The second-order valence-electron chi connectivity index (χ2n) is 6.80. The molecule has 0 atom stereocenters. The fourth-order valence-corrected chi connectivity index (χ4v) is 2.99. The molecule has 0 aliphatic carbocycles. The maximum absolute atomic E-state index is 12.7. The zero-order valence-electron chi connectivity index (χ0n) is 18.1. The van der Waals surface area contributed by atoms with Crippen LogP contribution in [0.1, 0.15) is 45.7 Å². The van der Waals surface area contributed by atoms with Crippen molar-refractivity contribution in [2.45, 2.75) is 20.3 Å². The van der Waals surface area contributed by atoms with Crippen molar-refractivity contribution >= 4 is 17.8 Å². The number of rotatable bonds is 10. The molecule has 0 N–H and O–H groups in total. The minimum absolute atomic E-state index is 0.105. The third kappa shape index (κ3) is 5.60. The Morgan fingerprint density at radius 1 is 0.967 bits per heavy atom. The molecule has 0 aliphatic rings. The van der Waals surface area contributed by atoms with Gasteiger partial charge in [0.2, 0.25) is 0 Å². The second-order valence-corrected chi connectivity index (χ2v) is 6.80. The molecule has 0 unspecified atom stereocenters. The van der Waals surface area contributed by atoms with Crippen LogP contribution in [0.2, 0.25) is 0 Å². The van der Waals surface area contributed by atoms with Crippen LogP contribution >= 0.6 is 0 Å². The van der Waals surface area contributed by atoms with Gasteiger partial charge in [0.1, 0.15) is 11.5 Å². The van der Waals surface area contributed by atoms with Crippen LogP contribution in [0.4, 0.5) is 0 Å². The van der Waals surface area contributed by atoms with Gasteiger partial charge in [-0.1, -0.05) is 24.3 Å². The highest BCUT2D eigenvalue weighted by Gasteiger charge is 2.14. The van der Waals surface area contributed by atoms with Gasteiger partial charge in [0.15, 0.2) is 5.78 Å². The first-order valence-corrected chi connectivity index (χ1v) is 9.99. The molecule has 0 saturated heterocycles. The standard InChI is InChI=1S/C25H29NO4/c1-6-9-19-14-17-23(29-7-2)21(24(19)30-8-3)15-16-22(27)18-10-12-20(13-11-18)25(28)26(4)5/h6,10-17H,1,7-9H2,2-5H3. The number of hydrogen-bond donors (Lipinski definition) is 0. The molecule has 5 heteroatoms. The number of carbonyl (C=O) groups excluding carboxylic acids is 2. The summed E-state index contributed by atoms with van der Waals surface area (Å²) in [7, 11) is 3.38. The third-order valence-electron chi connectivity index (χ3n) is 4.41. The Bertz CT molecular complexity index is 927. The minimum atomic E-state index is -0.169. The van der Waals surface area contributed by atoms with Gasteiger partial charge in [-0.15, -0.1) is 6.58 Å².